The summed E-state index contributed by atoms with van der Waals surface area (Å²) in [6.45, 7) is 2.15. The van der Waals surface area contributed by atoms with E-state index in [9.17, 15) is 0 Å². The largest absolute Gasteiger partial charge is 0.255 e. The Bertz CT molecular complexity index is 719. The molecular weight excluding hydrogens is 333 g/mol. The van der Waals surface area contributed by atoms with Gasteiger partial charge in [0, 0.05) is 20.7 Å². The predicted octanol–water partition coefficient (Wildman–Crippen LogP) is 4.81. The van der Waals surface area contributed by atoms with E-state index in [-0.39, 0.29) is 0 Å². The summed E-state index contributed by atoms with van der Waals surface area (Å²) in [5, 5.41) is 1.22. The highest BCUT2D eigenvalue weighted by Crippen LogP contribution is 2.33. The van der Waals surface area contributed by atoms with Gasteiger partial charge in [0.2, 0.25) is 0 Å². The molecule has 0 atom stereocenters. The quantitative estimate of drug-likeness (QED) is 0.577. The van der Waals surface area contributed by atoms with E-state index in [1.165, 1.54) is 25.6 Å². The maximum absolute atomic E-state index is 4.49. The maximum Gasteiger partial charge on any atom is 0.0709 e. The van der Waals surface area contributed by atoms with Gasteiger partial charge in [-0.3, -0.25) is 4.98 Å². The number of halogens is 1. The van der Waals surface area contributed by atoms with Gasteiger partial charge in [0.25, 0.3) is 0 Å². The Labute approximate surface area is 120 Å². The van der Waals surface area contributed by atoms with Gasteiger partial charge >= 0.3 is 0 Å². The van der Waals surface area contributed by atoms with E-state index >= 15 is 0 Å². The summed E-state index contributed by atoms with van der Waals surface area (Å²) in [4.78, 5) is 4.49. The lowest BCUT2D eigenvalue weighted by atomic mass is 9.98. The summed E-state index contributed by atoms with van der Waals surface area (Å²) < 4.78 is 1.20. The van der Waals surface area contributed by atoms with Gasteiger partial charge in [-0.15, -0.1) is 0 Å². The standard InChI is InChI=1S/C16H12IN/c1-11-6-2-3-7-12(11)16-13-8-4-5-9-15(13)18-10-14(16)17/h2-10H,1H3. The highest BCUT2D eigenvalue weighted by Gasteiger charge is 2.10. The summed E-state index contributed by atoms with van der Waals surface area (Å²) in [5.74, 6) is 0. The molecule has 0 spiro atoms. The van der Waals surface area contributed by atoms with Crippen molar-refractivity contribution in [3.63, 3.8) is 0 Å². The number of aromatic nitrogens is 1. The van der Waals surface area contributed by atoms with Crippen molar-refractivity contribution in [3.05, 3.63) is 63.9 Å². The van der Waals surface area contributed by atoms with Crippen LogP contribution in [0.1, 0.15) is 5.56 Å². The van der Waals surface area contributed by atoms with E-state index in [1.807, 2.05) is 12.3 Å². The molecule has 0 amide bonds. The molecule has 1 aromatic heterocycles. The Kier molecular flexibility index (Phi) is 3.04. The van der Waals surface area contributed by atoms with Gasteiger partial charge in [0.1, 0.15) is 0 Å². The van der Waals surface area contributed by atoms with Crippen LogP contribution in [0.25, 0.3) is 22.0 Å². The van der Waals surface area contributed by atoms with E-state index in [1.54, 1.807) is 0 Å². The fraction of sp³-hybridized carbons (Fsp3) is 0.0625. The first-order chi connectivity index (χ1) is 8.77. The third-order valence-electron chi connectivity index (χ3n) is 3.14. The Balaban J connectivity index is 2.42. The monoisotopic (exact) mass is 345 g/mol. The number of hydrogen-bond donors (Lipinski definition) is 0. The van der Waals surface area contributed by atoms with Gasteiger partial charge in [-0.25, -0.2) is 0 Å². The van der Waals surface area contributed by atoms with Crippen LogP contribution in [0.5, 0.6) is 0 Å². The predicted molar refractivity (Wildman–Crippen MR) is 84.6 cm³/mol. The molecule has 0 unspecified atom stereocenters. The smallest absolute Gasteiger partial charge is 0.0709 e. The van der Waals surface area contributed by atoms with Crippen molar-refractivity contribution in [1.82, 2.24) is 4.98 Å². The fourth-order valence-electron chi connectivity index (χ4n) is 2.24. The first kappa shape index (κ1) is 11.7. The molecule has 3 aromatic rings. The zero-order valence-corrected chi connectivity index (χ0v) is 12.2. The molecular formula is C16H12IN. The molecule has 0 aliphatic heterocycles. The molecule has 0 bridgehead atoms. The second-order valence-electron chi connectivity index (χ2n) is 4.31. The fourth-order valence-corrected chi connectivity index (χ4v) is 2.96. The lowest BCUT2D eigenvalue weighted by molar-refractivity contribution is 1.37. The average molecular weight is 345 g/mol. The number of nitrogens with zero attached hydrogens (tertiary/aromatic N) is 1. The molecule has 2 heteroatoms. The molecule has 0 aliphatic rings. The van der Waals surface area contributed by atoms with Crippen LogP contribution in [0.3, 0.4) is 0 Å². The van der Waals surface area contributed by atoms with E-state index in [0.29, 0.717) is 0 Å². The molecule has 0 saturated carbocycles. The second-order valence-corrected chi connectivity index (χ2v) is 5.48. The third kappa shape index (κ3) is 1.90. The minimum absolute atomic E-state index is 1.05. The Morgan fingerprint density at radius 3 is 2.50 bits per heavy atom. The normalized spacial score (nSPS) is 10.8. The summed E-state index contributed by atoms with van der Waals surface area (Å²) in [5.41, 5.74) is 4.93. The van der Waals surface area contributed by atoms with Crippen molar-refractivity contribution in [2.45, 2.75) is 6.92 Å². The van der Waals surface area contributed by atoms with Crippen molar-refractivity contribution in [3.8, 4) is 11.1 Å². The summed E-state index contributed by atoms with van der Waals surface area (Å²) in [6.07, 6.45) is 1.95. The van der Waals surface area contributed by atoms with Crippen LogP contribution in [0, 0.1) is 10.5 Å². The number of fused-ring (bicyclic) bond motifs is 1. The Hall–Kier alpha value is -1.42. The second kappa shape index (κ2) is 4.69. The summed E-state index contributed by atoms with van der Waals surface area (Å²) in [7, 11) is 0. The summed E-state index contributed by atoms with van der Waals surface area (Å²) in [6, 6.07) is 16.8. The first-order valence-corrected chi connectivity index (χ1v) is 6.94. The molecule has 2 aromatic carbocycles. The zero-order chi connectivity index (χ0) is 12.5. The lowest BCUT2D eigenvalue weighted by Gasteiger charge is -2.11. The van der Waals surface area contributed by atoms with Gasteiger partial charge in [0.05, 0.1) is 5.52 Å². The lowest BCUT2D eigenvalue weighted by Crippen LogP contribution is -1.90. The summed E-state index contributed by atoms with van der Waals surface area (Å²) >= 11 is 2.37. The van der Waals surface area contributed by atoms with Gasteiger partial charge in [0.15, 0.2) is 0 Å². The van der Waals surface area contributed by atoms with Crippen LogP contribution in [-0.2, 0) is 0 Å². The van der Waals surface area contributed by atoms with E-state index in [2.05, 4.69) is 77.0 Å². The zero-order valence-electron chi connectivity index (χ0n) is 10.0. The van der Waals surface area contributed by atoms with E-state index in [4.69, 9.17) is 0 Å². The topological polar surface area (TPSA) is 12.9 Å². The SMILES string of the molecule is Cc1ccccc1-c1c(I)cnc2ccccc12. The molecule has 0 N–H and O–H groups in total. The number of benzene rings is 2. The number of para-hydroxylation sites is 1. The number of hydrogen-bond acceptors (Lipinski definition) is 1. The maximum atomic E-state index is 4.49. The van der Waals surface area contributed by atoms with Crippen LogP contribution in [-0.4, -0.2) is 4.98 Å². The molecule has 3 rings (SSSR count). The van der Waals surface area contributed by atoms with E-state index < -0.39 is 0 Å². The third-order valence-corrected chi connectivity index (χ3v) is 3.96. The van der Waals surface area contributed by atoms with Crippen molar-refractivity contribution in [2.75, 3.05) is 0 Å². The minimum atomic E-state index is 1.05. The van der Waals surface area contributed by atoms with Crippen molar-refractivity contribution in [1.29, 1.82) is 0 Å². The molecule has 0 fully saturated rings. The number of rotatable bonds is 1. The highest BCUT2D eigenvalue weighted by molar-refractivity contribution is 14.1. The van der Waals surface area contributed by atoms with Gasteiger partial charge in [-0.2, -0.15) is 0 Å². The van der Waals surface area contributed by atoms with Crippen LogP contribution >= 0.6 is 22.6 Å². The molecule has 1 heterocycles. The van der Waals surface area contributed by atoms with Crippen LogP contribution < -0.4 is 0 Å². The van der Waals surface area contributed by atoms with Crippen LogP contribution in [0.15, 0.2) is 54.7 Å². The average Bonchev–Trinajstić information content (AvgIpc) is 2.40. The van der Waals surface area contributed by atoms with E-state index in [0.717, 1.165) is 5.52 Å². The Morgan fingerprint density at radius 2 is 1.67 bits per heavy atom. The molecule has 1 nitrogen and oxygen atoms in total. The molecule has 88 valence electrons. The molecule has 0 aliphatic carbocycles. The van der Waals surface area contributed by atoms with Crippen LogP contribution in [0.2, 0.25) is 0 Å². The first-order valence-electron chi connectivity index (χ1n) is 5.86. The molecule has 18 heavy (non-hydrogen) atoms. The highest BCUT2D eigenvalue weighted by atomic mass is 127. The Morgan fingerprint density at radius 1 is 0.944 bits per heavy atom. The van der Waals surface area contributed by atoms with Gasteiger partial charge in [-0.05, 0) is 46.7 Å². The number of aryl methyl sites for hydroxylation is 1. The minimum Gasteiger partial charge on any atom is -0.255 e. The van der Waals surface area contributed by atoms with Gasteiger partial charge in [-0.1, -0.05) is 42.5 Å². The molecule has 0 radical (unpaired) electrons. The number of pyridine rings is 1. The van der Waals surface area contributed by atoms with Crippen LogP contribution in [0.4, 0.5) is 0 Å². The van der Waals surface area contributed by atoms with Crippen molar-refractivity contribution in [2.24, 2.45) is 0 Å². The molecule has 0 saturated heterocycles. The van der Waals surface area contributed by atoms with Crippen molar-refractivity contribution < 1.29 is 0 Å². The van der Waals surface area contributed by atoms with Gasteiger partial charge < -0.3 is 0 Å². The van der Waals surface area contributed by atoms with Crippen molar-refractivity contribution >= 4 is 33.5 Å².